The monoisotopic (exact) mass is 469 g/mol. The molecule has 1 atom stereocenters. The van der Waals surface area contributed by atoms with Crippen LogP contribution in [-0.4, -0.2) is 66.5 Å². The van der Waals surface area contributed by atoms with Gasteiger partial charge in [-0.3, -0.25) is 14.4 Å². The summed E-state index contributed by atoms with van der Waals surface area (Å²) in [4.78, 5) is 43.6. The molecular formula is C24H27N3O5S. The molecule has 5 rings (SSSR count). The van der Waals surface area contributed by atoms with E-state index < -0.39 is 6.04 Å². The Kier molecular flexibility index (Phi) is 6.22. The summed E-state index contributed by atoms with van der Waals surface area (Å²) < 4.78 is 10.7. The molecule has 33 heavy (non-hydrogen) atoms. The molecule has 2 aromatic rings. The van der Waals surface area contributed by atoms with Crippen LogP contribution in [0.1, 0.15) is 45.7 Å². The molecule has 0 aliphatic carbocycles. The highest BCUT2D eigenvalue weighted by atomic mass is 32.1. The molecular weight excluding hydrogens is 442 g/mol. The van der Waals surface area contributed by atoms with Crippen molar-refractivity contribution >= 4 is 29.1 Å². The number of hydrogen-bond acceptors (Lipinski definition) is 6. The van der Waals surface area contributed by atoms with Gasteiger partial charge in [0.05, 0.1) is 4.88 Å². The molecule has 3 amide bonds. The van der Waals surface area contributed by atoms with Crippen molar-refractivity contribution in [3.63, 3.8) is 0 Å². The van der Waals surface area contributed by atoms with Crippen LogP contribution in [0.15, 0.2) is 35.7 Å². The second-order valence-electron chi connectivity index (χ2n) is 8.66. The summed E-state index contributed by atoms with van der Waals surface area (Å²) in [5.41, 5.74) is 0.434. The van der Waals surface area contributed by atoms with Crippen molar-refractivity contribution in [1.82, 2.24) is 15.1 Å². The number of rotatable bonds is 5. The van der Waals surface area contributed by atoms with Crippen molar-refractivity contribution in [2.24, 2.45) is 5.92 Å². The number of nitrogens with zero attached hydrogens (tertiary/aromatic N) is 2. The molecule has 0 bridgehead atoms. The summed E-state index contributed by atoms with van der Waals surface area (Å²) in [5.74, 6) is 0.829. The van der Waals surface area contributed by atoms with E-state index >= 15 is 0 Å². The number of fused-ring (bicyclic) bond motifs is 1. The second-order valence-corrected chi connectivity index (χ2v) is 9.61. The molecule has 0 saturated carbocycles. The van der Waals surface area contributed by atoms with Crippen LogP contribution in [0.5, 0.6) is 11.5 Å². The van der Waals surface area contributed by atoms with Gasteiger partial charge in [-0.1, -0.05) is 6.07 Å². The van der Waals surface area contributed by atoms with E-state index in [9.17, 15) is 14.4 Å². The molecule has 4 heterocycles. The van der Waals surface area contributed by atoms with Crippen LogP contribution in [-0.2, 0) is 4.79 Å². The van der Waals surface area contributed by atoms with Crippen molar-refractivity contribution < 1.29 is 23.9 Å². The van der Waals surface area contributed by atoms with Gasteiger partial charge in [-0.15, -0.1) is 11.3 Å². The van der Waals surface area contributed by atoms with E-state index in [1.807, 2.05) is 27.3 Å². The van der Waals surface area contributed by atoms with Crippen LogP contribution in [0, 0.1) is 5.92 Å². The molecule has 0 radical (unpaired) electrons. The summed E-state index contributed by atoms with van der Waals surface area (Å²) >= 11 is 1.44. The van der Waals surface area contributed by atoms with Crippen molar-refractivity contribution in [1.29, 1.82) is 0 Å². The molecule has 1 aromatic heterocycles. The minimum absolute atomic E-state index is 0.0235. The van der Waals surface area contributed by atoms with E-state index in [1.165, 1.54) is 11.3 Å². The Hall–Kier alpha value is -3.07. The summed E-state index contributed by atoms with van der Waals surface area (Å²) in [5, 5.41) is 4.91. The molecule has 0 spiro atoms. The first-order chi connectivity index (χ1) is 16.1. The number of carbonyl (C=O) groups is 3. The molecule has 3 aliphatic rings. The third-order valence-electron chi connectivity index (χ3n) is 6.64. The maximum Gasteiger partial charge on any atom is 0.263 e. The van der Waals surface area contributed by atoms with E-state index in [4.69, 9.17) is 9.47 Å². The highest BCUT2D eigenvalue weighted by Gasteiger charge is 2.37. The number of benzene rings is 1. The maximum absolute atomic E-state index is 13.4. The SMILES string of the molecule is O=C(N[C@@H](C(=O)N1CCCC1)C1CCN(C(=O)c2cccs2)CC1)c1ccc2c(c1)OCO2. The smallest absolute Gasteiger partial charge is 0.263 e. The Labute approximate surface area is 196 Å². The highest BCUT2D eigenvalue weighted by Crippen LogP contribution is 2.33. The third-order valence-corrected chi connectivity index (χ3v) is 7.49. The summed E-state index contributed by atoms with van der Waals surface area (Å²) in [6, 6.07) is 8.15. The average molecular weight is 470 g/mol. The number of carbonyl (C=O) groups excluding carboxylic acids is 3. The summed E-state index contributed by atoms with van der Waals surface area (Å²) in [6.45, 7) is 2.74. The molecule has 1 aromatic carbocycles. The van der Waals surface area contributed by atoms with Crippen LogP contribution in [0.25, 0.3) is 0 Å². The topological polar surface area (TPSA) is 88.2 Å². The fourth-order valence-corrected chi connectivity index (χ4v) is 5.46. The Morgan fingerprint density at radius 3 is 2.45 bits per heavy atom. The van der Waals surface area contributed by atoms with Gasteiger partial charge in [0.15, 0.2) is 11.5 Å². The van der Waals surface area contributed by atoms with E-state index in [-0.39, 0.29) is 30.4 Å². The number of nitrogens with one attached hydrogen (secondary N) is 1. The van der Waals surface area contributed by atoms with Gasteiger partial charge in [-0.25, -0.2) is 0 Å². The molecule has 174 valence electrons. The first kappa shape index (κ1) is 21.8. The van der Waals surface area contributed by atoms with Gasteiger partial charge in [0.2, 0.25) is 12.7 Å². The third kappa shape index (κ3) is 4.55. The lowest BCUT2D eigenvalue weighted by molar-refractivity contribution is -0.134. The number of hydrogen-bond donors (Lipinski definition) is 1. The minimum Gasteiger partial charge on any atom is -0.454 e. The average Bonchev–Trinajstić information content (AvgIpc) is 3.63. The fraction of sp³-hybridized carbons (Fsp3) is 0.458. The minimum atomic E-state index is -0.611. The fourth-order valence-electron chi connectivity index (χ4n) is 4.77. The Balaban J connectivity index is 1.29. The van der Waals surface area contributed by atoms with Gasteiger partial charge in [-0.05, 0) is 61.2 Å². The molecule has 3 aliphatic heterocycles. The van der Waals surface area contributed by atoms with Gasteiger partial charge in [-0.2, -0.15) is 0 Å². The highest BCUT2D eigenvalue weighted by molar-refractivity contribution is 7.12. The lowest BCUT2D eigenvalue weighted by atomic mass is 9.88. The van der Waals surface area contributed by atoms with Gasteiger partial charge in [0.25, 0.3) is 11.8 Å². The first-order valence-corrected chi connectivity index (χ1v) is 12.3. The maximum atomic E-state index is 13.4. The van der Waals surface area contributed by atoms with Crippen LogP contribution < -0.4 is 14.8 Å². The van der Waals surface area contributed by atoms with E-state index in [0.717, 1.165) is 30.8 Å². The molecule has 2 saturated heterocycles. The van der Waals surface area contributed by atoms with Crippen LogP contribution in [0.2, 0.25) is 0 Å². The Morgan fingerprint density at radius 2 is 1.73 bits per heavy atom. The van der Waals surface area contributed by atoms with Crippen LogP contribution in [0.4, 0.5) is 0 Å². The van der Waals surface area contributed by atoms with Gasteiger partial charge < -0.3 is 24.6 Å². The zero-order chi connectivity index (χ0) is 22.8. The molecule has 2 fully saturated rings. The van der Waals surface area contributed by atoms with Crippen molar-refractivity contribution in [3.8, 4) is 11.5 Å². The number of thiophene rings is 1. The van der Waals surface area contributed by atoms with Crippen molar-refractivity contribution in [2.75, 3.05) is 33.0 Å². The zero-order valence-electron chi connectivity index (χ0n) is 18.3. The summed E-state index contributed by atoms with van der Waals surface area (Å²) in [6.07, 6.45) is 3.32. The largest absolute Gasteiger partial charge is 0.454 e. The predicted molar refractivity (Wildman–Crippen MR) is 123 cm³/mol. The molecule has 8 nitrogen and oxygen atoms in total. The predicted octanol–water partition coefficient (Wildman–Crippen LogP) is 2.75. The van der Waals surface area contributed by atoms with Gasteiger partial charge in [0, 0.05) is 31.7 Å². The zero-order valence-corrected chi connectivity index (χ0v) is 19.1. The lowest BCUT2D eigenvalue weighted by Crippen LogP contribution is -2.54. The molecule has 1 N–H and O–H groups in total. The van der Waals surface area contributed by atoms with E-state index in [1.54, 1.807) is 18.2 Å². The van der Waals surface area contributed by atoms with Crippen molar-refractivity contribution in [3.05, 3.63) is 46.2 Å². The standard InChI is InChI=1S/C24H27N3O5S/c28-22(17-5-6-18-19(14-17)32-15-31-18)25-21(24(30)26-9-1-2-10-26)16-7-11-27(12-8-16)23(29)20-4-3-13-33-20/h3-6,13-14,16,21H,1-2,7-12,15H2,(H,25,28)/t21-/m1/s1. The number of ether oxygens (including phenoxy) is 2. The Bertz CT molecular complexity index is 1030. The molecule has 0 unspecified atom stereocenters. The summed E-state index contributed by atoms with van der Waals surface area (Å²) in [7, 11) is 0. The normalized spacial score (nSPS) is 18.9. The quantitative estimate of drug-likeness (QED) is 0.728. The van der Waals surface area contributed by atoms with Gasteiger partial charge in [0.1, 0.15) is 6.04 Å². The van der Waals surface area contributed by atoms with E-state index in [0.29, 0.717) is 43.0 Å². The first-order valence-electron chi connectivity index (χ1n) is 11.4. The van der Waals surface area contributed by atoms with Gasteiger partial charge >= 0.3 is 0 Å². The number of piperidine rings is 1. The molecule has 9 heteroatoms. The van der Waals surface area contributed by atoms with Crippen LogP contribution >= 0.6 is 11.3 Å². The van der Waals surface area contributed by atoms with Crippen molar-refractivity contribution in [2.45, 2.75) is 31.7 Å². The van der Waals surface area contributed by atoms with E-state index in [2.05, 4.69) is 5.32 Å². The second kappa shape index (κ2) is 9.43. The number of likely N-dealkylation sites (tertiary alicyclic amines) is 2. The van der Waals surface area contributed by atoms with Crippen LogP contribution in [0.3, 0.4) is 0 Å². The lowest BCUT2D eigenvalue weighted by Gasteiger charge is -2.37. The Morgan fingerprint density at radius 1 is 0.970 bits per heavy atom. The number of amides is 3.